The highest BCUT2D eigenvalue weighted by atomic mass is 35.5. The van der Waals surface area contributed by atoms with Gasteiger partial charge in [-0.15, -0.1) is 0 Å². The van der Waals surface area contributed by atoms with Gasteiger partial charge in [-0.25, -0.2) is 0 Å². The van der Waals surface area contributed by atoms with Crippen LogP contribution >= 0.6 is 23.8 Å². The molecule has 116 valence electrons. The molecule has 2 nitrogen and oxygen atoms in total. The molecule has 2 N–H and O–H groups in total. The van der Waals surface area contributed by atoms with E-state index in [0.717, 1.165) is 12.1 Å². The van der Waals surface area contributed by atoms with Gasteiger partial charge in [0.1, 0.15) is 0 Å². The van der Waals surface area contributed by atoms with Crippen molar-refractivity contribution < 1.29 is 0 Å². The Bertz CT molecular complexity index is 670. The van der Waals surface area contributed by atoms with Crippen molar-refractivity contribution in [3.63, 3.8) is 0 Å². The van der Waals surface area contributed by atoms with Crippen molar-refractivity contribution in [2.24, 2.45) is 0 Å². The Morgan fingerprint density at radius 2 is 1.95 bits per heavy atom. The van der Waals surface area contributed by atoms with Crippen molar-refractivity contribution >= 4 is 34.6 Å². The van der Waals surface area contributed by atoms with Crippen LogP contribution in [-0.4, -0.2) is 5.11 Å². The Kier molecular flexibility index (Phi) is 5.81. The molecule has 2 aromatic carbocycles. The zero-order valence-corrected chi connectivity index (χ0v) is 14.7. The summed E-state index contributed by atoms with van der Waals surface area (Å²) in [5, 5.41) is 7.87. The number of halogens is 1. The fourth-order valence-corrected chi connectivity index (χ4v) is 2.96. The first kappa shape index (κ1) is 16.8. The second kappa shape index (κ2) is 7.61. The molecule has 0 aliphatic heterocycles. The predicted molar refractivity (Wildman–Crippen MR) is 99.8 cm³/mol. The van der Waals surface area contributed by atoms with Crippen LogP contribution in [-0.2, 0) is 0 Å². The van der Waals surface area contributed by atoms with Gasteiger partial charge < -0.3 is 10.6 Å². The molecule has 0 unspecified atom stereocenters. The lowest BCUT2D eigenvalue weighted by molar-refractivity contribution is 0.625. The molecule has 4 heteroatoms. The normalized spacial score (nSPS) is 11.8. The number of nitrogens with one attached hydrogen (secondary N) is 2. The number of rotatable bonds is 4. The van der Waals surface area contributed by atoms with E-state index in [4.69, 9.17) is 23.8 Å². The van der Waals surface area contributed by atoms with E-state index in [1.54, 1.807) is 0 Å². The van der Waals surface area contributed by atoms with Crippen LogP contribution in [0.5, 0.6) is 0 Å². The average molecular weight is 333 g/mol. The average Bonchev–Trinajstić information content (AvgIpc) is 2.45. The molecule has 2 rings (SSSR count). The van der Waals surface area contributed by atoms with Crippen LogP contribution in [0.25, 0.3) is 0 Å². The topological polar surface area (TPSA) is 24.1 Å². The zero-order valence-electron chi connectivity index (χ0n) is 13.1. The molecule has 0 aliphatic rings. The molecular weight excluding hydrogens is 312 g/mol. The minimum absolute atomic E-state index is 0.194. The van der Waals surface area contributed by atoms with Crippen LogP contribution < -0.4 is 10.6 Å². The third-order valence-electron chi connectivity index (χ3n) is 3.60. The fourth-order valence-electron chi connectivity index (χ4n) is 2.51. The predicted octanol–water partition coefficient (Wildman–Crippen LogP) is 5.39. The Morgan fingerprint density at radius 3 is 2.59 bits per heavy atom. The molecule has 0 bridgehead atoms. The lowest BCUT2D eigenvalue weighted by Gasteiger charge is -2.22. The Hall–Kier alpha value is -1.58. The van der Waals surface area contributed by atoms with Gasteiger partial charge in [-0.2, -0.15) is 0 Å². The standard InChI is InChI=1S/C18H21ClN2S/c1-4-17(16-9-8-12(2)10-13(16)3)21-18(22)20-15-7-5-6-14(19)11-15/h5-11,17H,4H2,1-3H3,(H2,20,21,22)/t17-/m0/s1. The van der Waals surface area contributed by atoms with E-state index in [9.17, 15) is 0 Å². The van der Waals surface area contributed by atoms with Crippen molar-refractivity contribution in [2.75, 3.05) is 5.32 Å². The molecule has 0 saturated heterocycles. The van der Waals surface area contributed by atoms with Crippen LogP contribution in [0.3, 0.4) is 0 Å². The number of aryl methyl sites for hydroxylation is 2. The molecule has 0 aliphatic carbocycles. The number of hydrogen-bond donors (Lipinski definition) is 2. The maximum absolute atomic E-state index is 5.99. The first-order valence-electron chi connectivity index (χ1n) is 7.40. The molecule has 0 spiro atoms. The van der Waals surface area contributed by atoms with Crippen LogP contribution in [0.4, 0.5) is 5.69 Å². The van der Waals surface area contributed by atoms with E-state index in [1.807, 2.05) is 24.3 Å². The fraction of sp³-hybridized carbons (Fsp3) is 0.278. The van der Waals surface area contributed by atoms with Crippen LogP contribution in [0, 0.1) is 13.8 Å². The maximum Gasteiger partial charge on any atom is 0.171 e. The molecule has 0 saturated carbocycles. The first-order valence-corrected chi connectivity index (χ1v) is 8.18. The van der Waals surface area contributed by atoms with Crippen LogP contribution in [0.1, 0.15) is 36.1 Å². The highest BCUT2D eigenvalue weighted by Gasteiger charge is 2.13. The maximum atomic E-state index is 5.99. The first-order chi connectivity index (χ1) is 10.5. The summed E-state index contributed by atoms with van der Waals surface area (Å²) in [6.45, 7) is 6.40. The van der Waals surface area contributed by atoms with Gasteiger partial charge in [0.25, 0.3) is 0 Å². The Morgan fingerprint density at radius 1 is 1.18 bits per heavy atom. The van der Waals surface area contributed by atoms with Gasteiger partial charge in [-0.05, 0) is 61.8 Å². The number of thiocarbonyl (C=S) groups is 1. The van der Waals surface area contributed by atoms with Crippen molar-refractivity contribution in [1.82, 2.24) is 5.32 Å². The van der Waals surface area contributed by atoms with Crippen molar-refractivity contribution in [2.45, 2.75) is 33.2 Å². The van der Waals surface area contributed by atoms with E-state index in [-0.39, 0.29) is 6.04 Å². The lowest BCUT2D eigenvalue weighted by Crippen LogP contribution is -2.32. The molecule has 0 aromatic heterocycles. The second-order valence-corrected chi connectivity index (χ2v) is 6.27. The number of anilines is 1. The summed E-state index contributed by atoms with van der Waals surface area (Å²) in [5.41, 5.74) is 4.73. The van der Waals surface area contributed by atoms with Gasteiger partial charge in [-0.1, -0.05) is 48.4 Å². The van der Waals surface area contributed by atoms with Gasteiger partial charge in [-0.3, -0.25) is 0 Å². The highest BCUT2D eigenvalue weighted by Crippen LogP contribution is 2.22. The second-order valence-electron chi connectivity index (χ2n) is 5.43. The monoisotopic (exact) mass is 332 g/mol. The van der Waals surface area contributed by atoms with Crippen LogP contribution in [0.15, 0.2) is 42.5 Å². The highest BCUT2D eigenvalue weighted by molar-refractivity contribution is 7.80. The number of benzene rings is 2. The van der Waals surface area contributed by atoms with Gasteiger partial charge in [0.05, 0.1) is 6.04 Å². The summed E-state index contributed by atoms with van der Waals surface area (Å²) in [4.78, 5) is 0. The summed E-state index contributed by atoms with van der Waals surface area (Å²) in [6.07, 6.45) is 0.960. The molecule has 0 amide bonds. The van der Waals surface area contributed by atoms with Crippen molar-refractivity contribution in [1.29, 1.82) is 0 Å². The van der Waals surface area contributed by atoms with Gasteiger partial charge in [0.15, 0.2) is 5.11 Å². The molecule has 1 atom stereocenters. The summed E-state index contributed by atoms with van der Waals surface area (Å²) in [5.74, 6) is 0. The summed E-state index contributed by atoms with van der Waals surface area (Å²) >= 11 is 11.4. The Balaban J connectivity index is 2.08. The molecule has 0 fully saturated rings. The van der Waals surface area contributed by atoms with E-state index in [1.165, 1.54) is 16.7 Å². The lowest BCUT2D eigenvalue weighted by atomic mass is 9.98. The van der Waals surface area contributed by atoms with Crippen molar-refractivity contribution in [3.8, 4) is 0 Å². The SMILES string of the molecule is CC[C@H](NC(=S)Nc1cccc(Cl)c1)c1ccc(C)cc1C. The smallest absolute Gasteiger partial charge is 0.171 e. The van der Waals surface area contributed by atoms with E-state index < -0.39 is 0 Å². The van der Waals surface area contributed by atoms with E-state index in [0.29, 0.717) is 10.1 Å². The summed E-state index contributed by atoms with van der Waals surface area (Å²) < 4.78 is 0. The van der Waals surface area contributed by atoms with Gasteiger partial charge in [0, 0.05) is 10.7 Å². The van der Waals surface area contributed by atoms with Gasteiger partial charge >= 0.3 is 0 Å². The molecule has 0 heterocycles. The van der Waals surface area contributed by atoms with Crippen molar-refractivity contribution in [3.05, 3.63) is 64.2 Å². The molecule has 22 heavy (non-hydrogen) atoms. The number of hydrogen-bond acceptors (Lipinski definition) is 1. The van der Waals surface area contributed by atoms with E-state index in [2.05, 4.69) is 49.6 Å². The van der Waals surface area contributed by atoms with Gasteiger partial charge in [0.2, 0.25) is 0 Å². The largest absolute Gasteiger partial charge is 0.356 e. The summed E-state index contributed by atoms with van der Waals surface area (Å²) in [7, 11) is 0. The minimum atomic E-state index is 0.194. The molecular formula is C18H21ClN2S. The van der Waals surface area contributed by atoms with E-state index >= 15 is 0 Å². The third kappa shape index (κ3) is 4.46. The van der Waals surface area contributed by atoms with Crippen LogP contribution in [0.2, 0.25) is 5.02 Å². The summed E-state index contributed by atoms with van der Waals surface area (Å²) in [6, 6.07) is 14.2. The quantitative estimate of drug-likeness (QED) is 0.733. The molecule has 0 radical (unpaired) electrons. The molecule has 2 aromatic rings. The third-order valence-corrected chi connectivity index (χ3v) is 4.05. The minimum Gasteiger partial charge on any atom is -0.356 e. The zero-order chi connectivity index (χ0) is 16.1. The Labute approximate surface area is 142 Å².